The largest absolute Gasteiger partial charge is 0.478 e. The molecule has 3 aromatic carbocycles. The van der Waals surface area contributed by atoms with E-state index in [1.54, 1.807) is 12.1 Å². The SMILES string of the molecule is CCc1ccc(/C=C2/Oc3c4c(cc(C)c3C2=O)OCN(CCc2ccc(F)cc2)C4)cc1. The van der Waals surface area contributed by atoms with Crippen molar-refractivity contribution in [3.8, 4) is 11.5 Å². The predicted octanol–water partition coefficient (Wildman–Crippen LogP) is 5.71. The molecule has 2 heterocycles. The van der Waals surface area contributed by atoms with E-state index in [1.807, 2.05) is 31.2 Å². The Bertz CT molecular complexity index is 1230. The molecule has 0 unspecified atom stereocenters. The predicted molar refractivity (Wildman–Crippen MR) is 126 cm³/mol. The molecule has 0 saturated heterocycles. The van der Waals surface area contributed by atoms with Crippen LogP contribution in [0.3, 0.4) is 0 Å². The number of ketones is 1. The molecule has 33 heavy (non-hydrogen) atoms. The Kier molecular flexibility index (Phi) is 5.73. The van der Waals surface area contributed by atoms with Gasteiger partial charge in [-0.15, -0.1) is 0 Å². The molecule has 0 aromatic heterocycles. The van der Waals surface area contributed by atoms with Gasteiger partial charge >= 0.3 is 0 Å². The molecule has 0 aliphatic carbocycles. The van der Waals surface area contributed by atoms with Gasteiger partial charge < -0.3 is 9.47 Å². The van der Waals surface area contributed by atoms with Crippen LogP contribution in [-0.2, 0) is 19.4 Å². The lowest BCUT2D eigenvalue weighted by Crippen LogP contribution is -2.33. The summed E-state index contributed by atoms with van der Waals surface area (Å²) in [6, 6.07) is 16.7. The topological polar surface area (TPSA) is 38.8 Å². The summed E-state index contributed by atoms with van der Waals surface area (Å²) in [5, 5.41) is 0. The second kappa shape index (κ2) is 8.83. The monoisotopic (exact) mass is 443 g/mol. The van der Waals surface area contributed by atoms with Gasteiger partial charge in [0.05, 0.1) is 11.1 Å². The Hall–Kier alpha value is -3.44. The fraction of sp³-hybridized carbons (Fsp3) is 0.250. The normalized spacial score (nSPS) is 16.3. The number of carbonyl (C=O) groups excluding carboxylic acids is 1. The van der Waals surface area contributed by atoms with Crippen molar-refractivity contribution in [2.75, 3.05) is 13.3 Å². The number of hydrogen-bond acceptors (Lipinski definition) is 4. The van der Waals surface area contributed by atoms with Crippen LogP contribution in [0, 0.1) is 12.7 Å². The molecule has 168 valence electrons. The number of carbonyl (C=O) groups is 1. The Labute approximate surface area is 193 Å². The molecule has 0 radical (unpaired) electrons. The highest BCUT2D eigenvalue weighted by atomic mass is 19.1. The molecule has 0 N–H and O–H groups in total. The zero-order chi connectivity index (χ0) is 22.9. The van der Waals surface area contributed by atoms with E-state index in [2.05, 4.69) is 24.0 Å². The first-order chi connectivity index (χ1) is 16.0. The zero-order valence-electron chi connectivity index (χ0n) is 18.9. The van der Waals surface area contributed by atoms with Gasteiger partial charge in [0.25, 0.3) is 0 Å². The highest BCUT2D eigenvalue weighted by Gasteiger charge is 2.35. The molecule has 2 aliphatic heterocycles. The van der Waals surface area contributed by atoms with Crippen molar-refractivity contribution in [2.45, 2.75) is 33.2 Å². The molecule has 5 heteroatoms. The van der Waals surface area contributed by atoms with Crippen LogP contribution in [0.5, 0.6) is 11.5 Å². The highest BCUT2D eigenvalue weighted by Crippen LogP contribution is 2.44. The minimum Gasteiger partial charge on any atom is -0.478 e. The second-order valence-electron chi connectivity index (χ2n) is 8.61. The molecule has 2 aliphatic rings. The Morgan fingerprint density at radius 1 is 1.06 bits per heavy atom. The van der Waals surface area contributed by atoms with E-state index in [0.29, 0.717) is 30.3 Å². The summed E-state index contributed by atoms with van der Waals surface area (Å²) in [5.41, 5.74) is 5.64. The minimum atomic E-state index is -0.230. The standard InChI is InChI=1S/C28H26FNO3/c1-3-19-4-6-21(7-5-19)15-25-27(31)26-18(2)14-24-23(28(26)33-25)16-30(17-32-24)13-12-20-8-10-22(29)11-9-20/h4-11,14-15H,3,12-13,16-17H2,1-2H3/b25-15+. The first-order valence-corrected chi connectivity index (χ1v) is 11.3. The summed E-state index contributed by atoms with van der Waals surface area (Å²) in [4.78, 5) is 15.3. The number of rotatable bonds is 5. The van der Waals surface area contributed by atoms with Gasteiger partial charge in [-0.05, 0) is 66.3 Å². The van der Waals surface area contributed by atoms with Crippen LogP contribution in [0.25, 0.3) is 6.08 Å². The summed E-state index contributed by atoms with van der Waals surface area (Å²) in [6.45, 7) is 5.89. The summed E-state index contributed by atoms with van der Waals surface area (Å²) in [7, 11) is 0. The van der Waals surface area contributed by atoms with E-state index in [0.717, 1.165) is 47.4 Å². The third-order valence-electron chi connectivity index (χ3n) is 6.30. The molecule has 0 fully saturated rings. The van der Waals surface area contributed by atoms with Gasteiger partial charge in [-0.3, -0.25) is 9.69 Å². The van der Waals surface area contributed by atoms with Crippen molar-refractivity contribution >= 4 is 11.9 Å². The molecule has 5 rings (SSSR count). The number of benzene rings is 3. The van der Waals surface area contributed by atoms with E-state index in [9.17, 15) is 9.18 Å². The fourth-order valence-corrected chi connectivity index (χ4v) is 4.36. The van der Waals surface area contributed by atoms with Gasteiger partial charge in [0.15, 0.2) is 5.76 Å². The molecule has 0 bridgehead atoms. The van der Waals surface area contributed by atoms with Crippen LogP contribution < -0.4 is 9.47 Å². The van der Waals surface area contributed by atoms with Crippen LogP contribution in [-0.4, -0.2) is 24.0 Å². The molecule has 4 nitrogen and oxygen atoms in total. The van der Waals surface area contributed by atoms with Gasteiger partial charge in [-0.2, -0.15) is 0 Å². The summed E-state index contributed by atoms with van der Waals surface area (Å²) in [6.07, 6.45) is 3.57. The first-order valence-electron chi connectivity index (χ1n) is 11.3. The Balaban J connectivity index is 1.38. The summed E-state index contributed by atoms with van der Waals surface area (Å²) in [5.74, 6) is 1.40. The second-order valence-corrected chi connectivity index (χ2v) is 8.61. The van der Waals surface area contributed by atoms with Crippen LogP contribution in [0.15, 0.2) is 60.4 Å². The number of allylic oxidation sites excluding steroid dienone is 1. The van der Waals surface area contributed by atoms with Crippen LogP contribution >= 0.6 is 0 Å². The number of ether oxygens (including phenoxy) is 2. The number of halogens is 1. The van der Waals surface area contributed by atoms with Crippen molar-refractivity contribution in [1.29, 1.82) is 0 Å². The molecule has 0 spiro atoms. The maximum atomic E-state index is 13.2. The molecular formula is C28H26FNO3. The smallest absolute Gasteiger partial charge is 0.232 e. The average Bonchev–Trinajstić information content (AvgIpc) is 3.16. The third kappa shape index (κ3) is 4.29. The number of aryl methyl sites for hydroxylation is 2. The van der Waals surface area contributed by atoms with E-state index < -0.39 is 0 Å². The highest BCUT2D eigenvalue weighted by molar-refractivity contribution is 6.15. The van der Waals surface area contributed by atoms with Gasteiger partial charge in [-0.25, -0.2) is 4.39 Å². The first kappa shape index (κ1) is 21.4. The lowest BCUT2D eigenvalue weighted by Gasteiger charge is -2.30. The van der Waals surface area contributed by atoms with Gasteiger partial charge in [0, 0.05) is 13.1 Å². The minimum absolute atomic E-state index is 0.0895. The molecule has 0 atom stereocenters. The van der Waals surface area contributed by atoms with Gasteiger partial charge in [0.2, 0.25) is 5.78 Å². The van der Waals surface area contributed by atoms with Crippen LogP contribution in [0.2, 0.25) is 0 Å². The summed E-state index contributed by atoms with van der Waals surface area (Å²) < 4.78 is 25.3. The Morgan fingerprint density at radius 3 is 2.52 bits per heavy atom. The Morgan fingerprint density at radius 2 is 1.79 bits per heavy atom. The van der Waals surface area contributed by atoms with Crippen molar-refractivity contribution in [3.05, 3.63) is 99.6 Å². The van der Waals surface area contributed by atoms with Crippen LogP contribution in [0.1, 0.15) is 45.1 Å². The zero-order valence-corrected chi connectivity index (χ0v) is 18.9. The number of fused-ring (bicyclic) bond motifs is 3. The van der Waals surface area contributed by atoms with Gasteiger partial charge in [0.1, 0.15) is 24.0 Å². The maximum absolute atomic E-state index is 13.2. The van der Waals surface area contributed by atoms with Crippen molar-refractivity contribution in [3.63, 3.8) is 0 Å². The van der Waals surface area contributed by atoms with E-state index in [4.69, 9.17) is 9.47 Å². The number of hydrogen-bond donors (Lipinski definition) is 0. The molecule has 3 aromatic rings. The lowest BCUT2D eigenvalue weighted by molar-refractivity contribution is 0.0949. The van der Waals surface area contributed by atoms with E-state index in [1.165, 1.54) is 17.7 Å². The maximum Gasteiger partial charge on any atom is 0.232 e. The van der Waals surface area contributed by atoms with Gasteiger partial charge in [-0.1, -0.05) is 43.3 Å². The molecular weight excluding hydrogens is 417 g/mol. The quantitative estimate of drug-likeness (QED) is 0.474. The number of nitrogens with zero attached hydrogens (tertiary/aromatic N) is 1. The van der Waals surface area contributed by atoms with E-state index in [-0.39, 0.29) is 11.6 Å². The molecule has 0 saturated carbocycles. The average molecular weight is 444 g/mol. The third-order valence-corrected chi connectivity index (χ3v) is 6.30. The van der Waals surface area contributed by atoms with Crippen LogP contribution in [0.4, 0.5) is 4.39 Å². The molecule has 0 amide bonds. The van der Waals surface area contributed by atoms with Crippen molar-refractivity contribution < 1.29 is 18.7 Å². The summed E-state index contributed by atoms with van der Waals surface area (Å²) >= 11 is 0. The number of Topliss-reactive ketones (excluding diaryl/α,β-unsaturated/α-hetero) is 1. The van der Waals surface area contributed by atoms with E-state index >= 15 is 0 Å². The lowest BCUT2D eigenvalue weighted by atomic mass is 9.98. The fourth-order valence-electron chi connectivity index (χ4n) is 4.36. The van der Waals surface area contributed by atoms with Crippen molar-refractivity contribution in [2.24, 2.45) is 0 Å². The van der Waals surface area contributed by atoms with Crippen molar-refractivity contribution in [1.82, 2.24) is 4.90 Å².